The molecule has 1 aromatic heterocycles. The molecule has 0 bridgehead atoms. The minimum absolute atomic E-state index is 0.243. The molecule has 1 aliphatic heterocycles. The number of aliphatic hydroxyl groups is 2. The number of aliphatic hydroxyl groups excluding tert-OH is 2. The third-order valence-corrected chi connectivity index (χ3v) is 4.16. The SMILES string of the molecule is CC(O)Cn1c(CO)cc(=O)c(O)c1CN1CCCCCC1. The van der Waals surface area contributed by atoms with Gasteiger partial charge in [0.2, 0.25) is 5.43 Å². The van der Waals surface area contributed by atoms with Gasteiger partial charge in [-0.2, -0.15) is 0 Å². The molecule has 0 amide bonds. The Morgan fingerprint density at radius 2 is 1.86 bits per heavy atom. The summed E-state index contributed by atoms with van der Waals surface area (Å²) in [4.78, 5) is 14.1. The summed E-state index contributed by atoms with van der Waals surface area (Å²) >= 11 is 0. The maximum atomic E-state index is 11.9. The second-order valence-electron chi connectivity index (χ2n) is 6.10. The van der Waals surface area contributed by atoms with Gasteiger partial charge in [-0.3, -0.25) is 9.69 Å². The number of rotatable bonds is 5. The molecule has 1 atom stereocenters. The first-order valence-electron chi connectivity index (χ1n) is 7.98. The van der Waals surface area contributed by atoms with Crippen molar-refractivity contribution in [3.05, 3.63) is 27.7 Å². The standard InChI is InChI=1S/C16H26N2O4/c1-12(20)9-18-13(11-19)8-15(21)16(22)14(18)10-17-6-4-2-3-5-7-17/h8,12,19-20,22H,2-7,9-11H2,1H3. The number of likely N-dealkylation sites (tertiary alicyclic amines) is 1. The molecule has 124 valence electrons. The van der Waals surface area contributed by atoms with Crippen LogP contribution in [0.5, 0.6) is 5.75 Å². The molecule has 0 aromatic carbocycles. The van der Waals surface area contributed by atoms with Crippen molar-refractivity contribution in [3.8, 4) is 5.75 Å². The van der Waals surface area contributed by atoms with Crippen LogP contribution < -0.4 is 5.43 Å². The fourth-order valence-corrected chi connectivity index (χ4v) is 3.03. The zero-order valence-corrected chi connectivity index (χ0v) is 13.2. The van der Waals surface area contributed by atoms with Crippen molar-refractivity contribution in [2.75, 3.05) is 13.1 Å². The lowest BCUT2D eigenvalue weighted by Gasteiger charge is -2.25. The smallest absolute Gasteiger partial charge is 0.223 e. The molecular formula is C16H26N2O4. The molecule has 22 heavy (non-hydrogen) atoms. The Morgan fingerprint density at radius 3 is 2.41 bits per heavy atom. The average molecular weight is 310 g/mol. The Balaban J connectivity index is 2.37. The van der Waals surface area contributed by atoms with E-state index in [-0.39, 0.29) is 18.9 Å². The van der Waals surface area contributed by atoms with E-state index in [2.05, 4.69) is 4.90 Å². The van der Waals surface area contributed by atoms with Crippen molar-refractivity contribution < 1.29 is 15.3 Å². The van der Waals surface area contributed by atoms with E-state index in [9.17, 15) is 20.1 Å². The van der Waals surface area contributed by atoms with Crippen LogP contribution in [0.25, 0.3) is 0 Å². The summed E-state index contributed by atoms with van der Waals surface area (Å²) in [6.45, 7) is 3.92. The first kappa shape index (κ1) is 17.0. The first-order valence-corrected chi connectivity index (χ1v) is 7.98. The van der Waals surface area contributed by atoms with E-state index in [0.29, 0.717) is 17.9 Å². The van der Waals surface area contributed by atoms with Gasteiger partial charge in [-0.25, -0.2) is 0 Å². The predicted molar refractivity (Wildman–Crippen MR) is 83.7 cm³/mol. The van der Waals surface area contributed by atoms with E-state index in [0.717, 1.165) is 25.9 Å². The predicted octanol–water partition coefficient (Wildman–Crippen LogP) is 0.803. The summed E-state index contributed by atoms with van der Waals surface area (Å²) in [6.07, 6.45) is 4.01. The monoisotopic (exact) mass is 310 g/mol. The van der Waals surface area contributed by atoms with Gasteiger partial charge in [0.1, 0.15) is 0 Å². The van der Waals surface area contributed by atoms with Gasteiger partial charge in [-0.15, -0.1) is 0 Å². The summed E-state index contributed by atoms with van der Waals surface area (Å²) in [5, 5.41) is 29.4. The molecule has 1 saturated heterocycles. The van der Waals surface area contributed by atoms with Crippen LogP contribution in [0.15, 0.2) is 10.9 Å². The quantitative estimate of drug-likeness (QED) is 0.749. The van der Waals surface area contributed by atoms with E-state index in [4.69, 9.17) is 0 Å². The topological polar surface area (TPSA) is 85.9 Å². The van der Waals surface area contributed by atoms with Crippen LogP contribution in [-0.2, 0) is 19.7 Å². The molecule has 0 aliphatic carbocycles. The van der Waals surface area contributed by atoms with Gasteiger partial charge < -0.3 is 19.9 Å². The zero-order valence-electron chi connectivity index (χ0n) is 13.2. The van der Waals surface area contributed by atoms with Crippen LogP contribution >= 0.6 is 0 Å². The Labute approximate surface area is 130 Å². The van der Waals surface area contributed by atoms with Crippen LogP contribution in [0.2, 0.25) is 0 Å². The Hall–Kier alpha value is -1.37. The molecule has 2 rings (SSSR count). The van der Waals surface area contributed by atoms with Crippen LogP contribution in [0.4, 0.5) is 0 Å². The van der Waals surface area contributed by atoms with Crippen molar-refractivity contribution in [1.29, 1.82) is 0 Å². The molecular weight excluding hydrogens is 284 g/mol. The number of nitrogens with zero attached hydrogens (tertiary/aromatic N) is 2. The Morgan fingerprint density at radius 1 is 1.23 bits per heavy atom. The molecule has 0 radical (unpaired) electrons. The lowest BCUT2D eigenvalue weighted by atomic mass is 10.2. The number of aromatic hydroxyl groups is 1. The van der Waals surface area contributed by atoms with Gasteiger partial charge >= 0.3 is 0 Å². The van der Waals surface area contributed by atoms with E-state index in [1.54, 1.807) is 11.5 Å². The second-order valence-corrected chi connectivity index (χ2v) is 6.10. The van der Waals surface area contributed by atoms with E-state index in [1.807, 2.05) is 0 Å². The molecule has 6 nitrogen and oxygen atoms in total. The highest BCUT2D eigenvalue weighted by Gasteiger charge is 2.19. The van der Waals surface area contributed by atoms with Gasteiger partial charge in [-0.05, 0) is 32.9 Å². The summed E-state index contributed by atoms with van der Waals surface area (Å²) in [5.41, 5.74) is 0.434. The minimum atomic E-state index is -0.630. The highest BCUT2D eigenvalue weighted by Crippen LogP contribution is 2.20. The van der Waals surface area contributed by atoms with Crippen LogP contribution in [-0.4, -0.2) is 44.0 Å². The highest BCUT2D eigenvalue weighted by molar-refractivity contribution is 5.30. The van der Waals surface area contributed by atoms with Crippen molar-refractivity contribution in [1.82, 2.24) is 9.47 Å². The molecule has 0 spiro atoms. The summed E-state index contributed by atoms with van der Waals surface area (Å²) in [5.74, 6) is -0.276. The third-order valence-electron chi connectivity index (χ3n) is 4.16. The molecule has 6 heteroatoms. The van der Waals surface area contributed by atoms with Crippen LogP contribution in [0.1, 0.15) is 44.0 Å². The summed E-state index contributed by atoms with van der Waals surface area (Å²) in [6, 6.07) is 1.24. The Kier molecular flexibility index (Phi) is 5.99. The highest BCUT2D eigenvalue weighted by atomic mass is 16.3. The lowest BCUT2D eigenvalue weighted by Crippen LogP contribution is -2.30. The summed E-state index contributed by atoms with van der Waals surface area (Å²) in [7, 11) is 0. The maximum Gasteiger partial charge on any atom is 0.223 e. The average Bonchev–Trinajstić information content (AvgIpc) is 2.74. The van der Waals surface area contributed by atoms with Gasteiger partial charge in [0, 0.05) is 24.8 Å². The fraction of sp³-hybridized carbons (Fsp3) is 0.688. The normalized spacial score (nSPS) is 18.1. The molecule has 1 aliphatic rings. The molecule has 1 unspecified atom stereocenters. The van der Waals surface area contributed by atoms with Gasteiger partial charge in [-0.1, -0.05) is 12.8 Å². The number of hydrogen-bond acceptors (Lipinski definition) is 5. The van der Waals surface area contributed by atoms with Gasteiger partial charge in [0.05, 0.1) is 18.4 Å². The Bertz CT molecular complexity index is 546. The van der Waals surface area contributed by atoms with Crippen molar-refractivity contribution in [3.63, 3.8) is 0 Å². The van der Waals surface area contributed by atoms with Crippen LogP contribution in [0, 0.1) is 0 Å². The largest absolute Gasteiger partial charge is 0.503 e. The van der Waals surface area contributed by atoms with Crippen molar-refractivity contribution >= 4 is 0 Å². The summed E-state index contributed by atoms with van der Waals surface area (Å²) < 4.78 is 1.67. The lowest BCUT2D eigenvalue weighted by molar-refractivity contribution is 0.162. The van der Waals surface area contributed by atoms with Crippen molar-refractivity contribution in [2.24, 2.45) is 0 Å². The molecule has 3 N–H and O–H groups in total. The maximum absolute atomic E-state index is 11.9. The third kappa shape index (κ3) is 4.09. The van der Waals surface area contributed by atoms with E-state index in [1.165, 1.54) is 18.9 Å². The number of hydrogen-bond donors (Lipinski definition) is 3. The van der Waals surface area contributed by atoms with Crippen LogP contribution in [0.3, 0.4) is 0 Å². The zero-order chi connectivity index (χ0) is 16.1. The molecule has 2 heterocycles. The first-order chi connectivity index (χ1) is 10.5. The van der Waals surface area contributed by atoms with E-state index < -0.39 is 11.5 Å². The van der Waals surface area contributed by atoms with Gasteiger partial charge in [0.25, 0.3) is 0 Å². The molecule has 0 saturated carbocycles. The van der Waals surface area contributed by atoms with E-state index >= 15 is 0 Å². The van der Waals surface area contributed by atoms with Gasteiger partial charge in [0.15, 0.2) is 5.75 Å². The second kappa shape index (κ2) is 7.76. The number of aromatic nitrogens is 1. The molecule has 1 aromatic rings. The fourth-order valence-electron chi connectivity index (χ4n) is 3.03. The molecule has 1 fully saturated rings. The minimum Gasteiger partial charge on any atom is -0.503 e. The number of pyridine rings is 1. The van der Waals surface area contributed by atoms with Crippen molar-refractivity contribution in [2.45, 2.75) is 58.4 Å².